The molecule has 0 aromatic carbocycles. The molecule has 0 aromatic heterocycles. The van der Waals surface area contributed by atoms with Crippen molar-refractivity contribution < 1.29 is 9.47 Å². The topological polar surface area (TPSA) is 18.5 Å². The van der Waals surface area contributed by atoms with Gasteiger partial charge in [0.2, 0.25) is 0 Å². The Bertz CT molecular complexity index is 296. The Labute approximate surface area is 184 Å². The molecule has 0 unspecified atom stereocenters. The molecule has 2 heteroatoms. The van der Waals surface area contributed by atoms with Crippen LogP contribution in [-0.2, 0) is 9.47 Å². The molecule has 0 rings (SSSR count). The van der Waals surface area contributed by atoms with Crippen LogP contribution in [0.25, 0.3) is 0 Å². The molecule has 0 saturated heterocycles. The van der Waals surface area contributed by atoms with Crippen molar-refractivity contribution in [3.8, 4) is 0 Å². The maximum Gasteiger partial charge on any atom is 0.157 e. The molecule has 0 aliphatic heterocycles. The summed E-state index contributed by atoms with van der Waals surface area (Å²) in [6, 6.07) is 0. The zero-order chi connectivity index (χ0) is 21.3. The van der Waals surface area contributed by atoms with Crippen LogP contribution in [0.15, 0.2) is 12.2 Å². The van der Waals surface area contributed by atoms with Crippen LogP contribution >= 0.6 is 0 Å². The third kappa shape index (κ3) is 23.8. The lowest BCUT2D eigenvalue weighted by atomic mass is 10.1. The largest absolute Gasteiger partial charge is 0.353 e. The third-order valence-corrected chi connectivity index (χ3v) is 5.54. The molecule has 0 aliphatic rings. The fourth-order valence-corrected chi connectivity index (χ4v) is 3.56. The van der Waals surface area contributed by atoms with E-state index in [1.807, 2.05) is 0 Å². The van der Waals surface area contributed by atoms with Crippen LogP contribution in [0.2, 0.25) is 0 Å². The van der Waals surface area contributed by atoms with Crippen molar-refractivity contribution in [2.24, 2.45) is 0 Å². The third-order valence-electron chi connectivity index (χ3n) is 5.54. The Morgan fingerprint density at radius 1 is 0.483 bits per heavy atom. The van der Waals surface area contributed by atoms with E-state index in [9.17, 15) is 0 Å². The number of allylic oxidation sites excluding steroid dienone is 2. The van der Waals surface area contributed by atoms with E-state index in [1.54, 1.807) is 0 Å². The van der Waals surface area contributed by atoms with Gasteiger partial charge in [0, 0.05) is 13.2 Å². The molecule has 0 spiro atoms. The van der Waals surface area contributed by atoms with Crippen LogP contribution in [0.1, 0.15) is 143 Å². The van der Waals surface area contributed by atoms with Crippen LogP contribution < -0.4 is 0 Å². The van der Waals surface area contributed by atoms with Crippen molar-refractivity contribution in [1.82, 2.24) is 0 Å². The predicted molar refractivity (Wildman–Crippen MR) is 130 cm³/mol. The average Bonchev–Trinajstić information content (AvgIpc) is 2.73. The minimum atomic E-state index is 0.0249. The highest BCUT2D eigenvalue weighted by Crippen LogP contribution is 2.13. The summed E-state index contributed by atoms with van der Waals surface area (Å²) in [6.07, 6.45) is 29.1. The maximum absolute atomic E-state index is 6.12. The molecule has 2 nitrogen and oxygen atoms in total. The van der Waals surface area contributed by atoms with Gasteiger partial charge in [-0.3, -0.25) is 0 Å². The smallest absolute Gasteiger partial charge is 0.157 e. The van der Waals surface area contributed by atoms with E-state index in [-0.39, 0.29) is 6.29 Å². The Hall–Kier alpha value is -0.340. The fourth-order valence-electron chi connectivity index (χ4n) is 3.56. The number of hydrogen-bond acceptors (Lipinski definition) is 2. The molecule has 0 saturated carbocycles. The van der Waals surface area contributed by atoms with Crippen LogP contribution in [0, 0.1) is 0 Å². The van der Waals surface area contributed by atoms with Gasteiger partial charge in [0.25, 0.3) is 0 Å². The summed E-state index contributed by atoms with van der Waals surface area (Å²) in [4.78, 5) is 0. The number of unbranched alkanes of at least 4 members (excludes halogenated alkanes) is 14. The van der Waals surface area contributed by atoms with Crippen LogP contribution in [0.5, 0.6) is 0 Å². The van der Waals surface area contributed by atoms with Gasteiger partial charge in [0.15, 0.2) is 6.29 Å². The van der Waals surface area contributed by atoms with Gasteiger partial charge in [-0.1, -0.05) is 110 Å². The first kappa shape index (κ1) is 28.7. The second-order valence-electron chi connectivity index (χ2n) is 8.60. The molecule has 0 aromatic rings. The lowest BCUT2D eigenvalue weighted by Gasteiger charge is -2.19. The van der Waals surface area contributed by atoms with Crippen molar-refractivity contribution in [2.75, 3.05) is 13.2 Å². The van der Waals surface area contributed by atoms with E-state index in [2.05, 4.69) is 32.9 Å². The Morgan fingerprint density at radius 3 is 1.52 bits per heavy atom. The first-order chi connectivity index (χ1) is 14.3. The minimum Gasteiger partial charge on any atom is -0.353 e. The summed E-state index contributed by atoms with van der Waals surface area (Å²) in [5.74, 6) is 0. The SMILES string of the molecule is CCC/C=C\CCCCCC(OCCCCCCCC)OCCCCCCCC. The Kier molecular flexibility index (Phi) is 25.4. The zero-order valence-corrected chi connectivity index (χ0v) is 20.4. The number of rotatable bonds is 24. The molecule has 0 heterocycles. The summed E-state index contributed by atoms with van der Waals surface area (Å²) in [6.45, 7) is 8.52. The number of hydrogen-bond donors (Lipinski definition) is 0. The zero-order valence-electron chi connectivity index (χ0n) is 20.4. The van der Waals surface area contributed by atoms with Gasteiger partial charge < -0.3 is 9.47 Å². The highest BCUT2D eigenvalue weighted by molar-refractivity contribution is 4.80. The molecule has 0 fully saturated rings. The summed E-state index contributed by atoms with van der Waals surface area (Å²) in [5.41, 5.74) is 0. The first-order valence-corrected chi connectivity index (χ1v) is 13.2. The summed E-state index contributed by atoms with van der Waals surface area (Å²) < 4.78 is 12.2. The van der Waals surface area contributed by atoms with Gasteiger partial charge in [-0.15, -0.1) is 0 Å². The van der Waals surface area contributed by atoms with Crippen LogP contribution in [0.4, 0.5) is 0 Å². The molecule has 174 valence electrons. The monoisotopic (exact) mass is 410 g/mol. The standard InChI is InChI=1S/C27H54O2/c1-4-7-10-13-16-17-18-21-24-27(28-25-22-19-14-11-8-5-2)29-26-23-20-15-12-9-6-3/h10,13,27H,4-9,11-12,14-26H2,1-3H3/b13-10-. The highest BCUT2D eigenvalue weighted by Gasteiger charge is 2.09. The molecule has 0 amide bonds. The molecule has 0 radical (unpaired) electrons. The van der Waals surface area contributed by atoms with Gasteiger partial charge in [-0.25, -0.2) is 0 Å². The quantitative estimate of drug-likeness (QED) is 0.0896. The van der Waals surface area contributed by atoms with E-state index in [1.165, 1.54) is 116 Å². The molecule has 0 aliphatic carbocycles. The summed E-state index contributed by atoms with van der Waals surface area (Å²) >= 11 is 0. The van der Waals surface area contributed by atoms with Gasteiger partial charge in [0.1, 0.15) is 0 Å². The first-order valence-electron chi connectivity index (χ1n) is 13.2. The fraction of sp³-hybridized carbons (Fsp3) is 0.926. The molecule has 0 atom stereocenters. The second-order valence-corrected chi connectivity index (χ2v) is 8.60. The lowest BCUT2D eigenvalue weighted by molar-refractivity contribution is -0.148. The van der Waals surface area contributed by atoms with Crippen LogP contribution in [-0.4, -0.2) is 19.5 Å². The summed E-state index contributed by atoms with van der Waals surface area (Å²) in [5, 5.41) is 0. The Balaban J connectivity index is 3.86. The van der Waals surface area contributed by atoms with Crippen molar-refractivity contribution in [1.29, 1.82) is 0 Å². The molecule has 0 N–H and O–H groups in total. The predicted octanol–water partition coefficient (Wildman–Crippen LogP) is 9.37. The average molecular weight is 411 g/mol. The molecular formula is C27H54O2. The van der Waals surface area contributed by atoms with Gasteiger partial charge in [0.05, 0.1) is 0 Å². The van der Waals surface area contributed by atoms with Crippen molar-refractivity contribution in [2.45, 2.75) is 149 Å². The molecule has 29 heavy (non-hydrogen) atoms. The highest BCUT2D eigenvalue weighted by atomic mass is 16.7. The van der Waals surface area contributed by atoms with E-state index in [4.69, 9.17) is 9.47 Å². The molecule has 0 bridgehead atoms. The van der Waals surface area contributed by atoms with Gasteiger partial charge in [-0.2, -0.15) is 0 Å². The van der Waals surface area contributed by atoms with E-state index < -0.39 is 0 Å². The van der Waals surface area contributed by atoms with Crippen molar-refractivity contribution in [3.63, 3.8) is 0 Å². The minimum absolute atomic E-state index is 0.0249. The van der Waals surface area contributed by atoms with Crippen molar-refractivity contribution >= 4 is 0 Å². The van der Waals surface area contributed by atoms with Crippen LogP contribution in [0.3, 0.4) is 0 Å². The van der Waals surface area contributed by atoms with E-state index in [0.717, 1.165) is 19.6 Å². The second kappa shape index (κ2) is 25.7. The summed E-state index contributed by atoms with van der Waals surface area (Å²) in [7, 11) is 0. The maximum atomic E-state index is 6.12. The van der Waals surface area contributed by atoms with Gasteiger partial charge in [-0.05, 0) is 44.9 Å². The number of ether oxygens (including phenoxy) is 2. The van der Waals surface area contributed by atoms with E-state index in [0.29, 0.717) is 0 Å². The molecular weight excluding hydrogens is 356 g/mol. The normalized spacial score (nSPS) is 11.9. The van der Waals surface area contributed by atoms with Gasteiger partial charge >= 0.3 is 0 Å². The lowest BCUT2D eigenvalue weighted by Crippen LogP contribution is -2.19. The Morgan fingerprint density at radius 2 is 0.966 bits per heavy atom. The van der Waals surface area contributed by atoms with Crippen molar-refractivity contribution in [3.05, 3.63) is 12.2 Å². The van der Waals surface area contributed by atoms with E-state index >= 15 is 0 Å².